The number of hydrogen-bond donors (Lipinski definition) is 0. The second kappa shape index (κ2) is 4.91. The van der Waals surface area contributed by atoms with E-state index in [1.807, 2.05) is 31.7 Å². The predicted molar refractivity (Wildman–Crippen MR) is 63.9 cm³/mol. The lowest BCUT2D eigenvalue weighted by Crippen LogP contribution is -1.91. The van der Waals surface area contributed by atoms with Gasteiger partial charge in [0, 0.05) is 13.2 Å². The average Bonchev–Trinajstić information content (AvgIpc) is 2.63. The van der Waals surface area contributed by atoms with Crippen LogP contribution in [0.2, 0.25) is 0 Å². The third kappa shape index (κ3) is 2.35. The molecule has 0 aromatic carbocycles. The van der Waals surface area contributed by atoms with Crippen LogP contribution in [-0.2, 0) is 7.05 Å². The zero-order valence-electron chi connectivity index (χ0n) is 10.2. The van der Waals surface area contributed by atoms with Crippen LogP contribution in [0.25, 0.3) is 11.2 Å². The highest BCUT2D eigenvalue weighted by molar-refractivity contribution is 5.71. The van der Waals surface area contributed by atoms with Crippen molar-refractivity contribution in [3.8, 4) is 0 Å². The highest BCUT2D eigenvalue weighted by atomic mass is 15.0. The molecule has 0 fully saturated rings. The molecule has 0 spiro atoms. The number of rotatable bonds is 1. The SMILES string of the molecule is CC.CC(C)c1cnc2ncn(C)c2c1. The van der Waals surface area contributed by atoms with Crippen molar-refractivity contribution in [1.29, 1.82) is 0 Å². The molecule has 0 bridgehead atoms. The maximum absolute atomic E-state index is 4.29. The summed E-state index contributed by atoms with van der Waals surface area (Å²) in [5, 5.41) is 0. The first-order valence-electron chi connectivity index (χ1n) is 5.45. The van der Waals surface area contributed by atoms with E-state index >= 15 is 0 Å². The molecular weight excluding hydrogens is 186 g/mol. The van der Waals surface area contributed by atoms with Gasteiger partial charge in [-0.25, -0.2) is 9.97 Å². The van der Waals surface area contributed by atoms with Crippen molar-refractivity contribution in [2.45, 2.75) is 33.6 Å². The van der Waals surface area contributed by atoms with Crippen molar-refractivity contribution in [3.05, 3.63) is 24.2 Å². The van der Waals surface area contributed by atoms with E-state index in [0.717, 1.165) is 11.2 Å². The van der Waals surface area contributed by atoms with Crippen molar-refractivity contribution < 1.29 is 0 Å². The molecule has 2 rings (SSSR count). The summed E-state index contributed by atoms with van der Waals surface area (Å²) in [5.74, 6) is 0.520. The Kier molecular flexibility index (Phi) is 3.83. The monoisotopic (exact) mass is 205 g/mol. The lowest BCUT2D eigenvalue weighted by atomic mass is 10.1. The Morgan fingerprint density at radius 3 is 2.47 bits per heavy atom. The fraction of sp³-hybridized carbons (Fsp3) is 0.500. The number of aryl methyl sites for hydroxylation is 1. The number of nitrogens with zero attached hydrogens (tertiary/aromatic N) is 3. The average molecular weight is 205 g/mol. The largest absolute Gasteiger partial charge is 0.332 e. The maximum atomic E-state index is 4.29. The van der Waals surface area contributed by atoms with Gasteiger partial charge >= 0.3 is 0 Å². The summed E-state index contributed by atoms with van der Waals surface area (Å²) in [6.45, 7) is 8.33. The van der Waals surface area contributed by atoms with Gasteiger partial charge in [-0.15, -0.1) is 0 Å². The van der Waals surface area contributed by atoms with Gasteiger partial charge in [-0.3, -0.25) is 0 Å². The first-order valence-corrected chi connectivity index (χ1v) is 5.45. The standard InChI is InChI=1S/C10H13N3.C2H6/c1-7(2)8-4-9-10(11-5-8)12-6-13(9)3;1-2/h4-7H,1-3H3;1-2H3. The summed E-state index contributed by atoms with van der Waals surface area (Å²) in [5.41, 5.74) is 3.19. The highest BCUT2D eigenvalue weighted by Gasteiger charge is 2.04. The predicted octanol–water partition coefficient (Wildman–Crippen LogP) is 3.12. The van der Waals surface area contributed by atoms with Crippen LogP contribution in [0.5, 0.6) is 0 Å². The Labute approximate surface area is 91.2 Å². The number of aromatic nitrogens is 3. The lowest BCUT2D eigenvalue weighted by molar-refractivity contribution is 0.858. The van der Waals surface area contributed by atoms with Crippen LogP contribution in [0.15, 0.2) is 18.6 Å². The number of hydrogen-bond acceptors (Lipinski definition) is 2. The van der Waals surface area contributed by atoms with Gasteiger partial charge in [-0.2, -0.15) is 0 Å². The van der Waals surface area contributed by atoms with E-state index in [1.54, 1.807) is 6.33 Å². The summed E-state index contributed by atoms with van der Waals surface area (Å²) in [6, 6.07) is 2.15. The molecule has 82 valence electrons. The summed E-state index contributed by atoms with van der Waals surface area (Å²) in [7, 11) is 1.99. The number of imidazole rings is 1. The van der Waals surface area contributed by atoms with Gasteiger partial charge in [-0.1, -0.05) is 27.7 Å². The van der Waals surface area contributed by atoms with Gasteiger partial charge in [0.2, 0.25) is 0 Å². The fourth-order valence-electron chi connectivity index (χ4n) is 1.34. The van der Waals surface area contributed by atoms with Crippen LogP contribution < -0.4 is 0 Å². The molecule has 0 saturated carbocycles. The fourth-order valence-corrected chi connectivity index (χ4v) is 1.34. The smallest absolute Gasteiger partial charge is 0.177 e. The molecule has 2 aromatic rings. The van der Waals surface area contributed by atoms with Crippen LogP contribution >= 0.6 is 0 Å². The molecule has 0 radical (unpaired) electrons. The van der Waals surface area contributed by atoms with Crippen LogP contribution in [0.1, 0.15) is 39.2 Å². The number of fused-ring (bicyclic) bond motifs is 1. The molecule has 0 saturated heterocycles. The molecule has 2 heterocycles. The van der Waals surface area contributed by atoms with E-state index in [0.29, 0.717) is 5.92 Å². The number of pyridine rings is 1. The molecule has 0 aliphatic heterocycles. The molecular formula is C12H19N3. The minimum Gasteiger partial charge on any atom is -0.332 e. The third-order valence-electron chi connectivity index (χ3n) is 2.27. The molecule has 0 amide bonds. The Bertz CT molecular complexity index is 429. The lowest BCUT2D eigenvalue weighted by Gasteiger charge is -2.04. The minimum absolute atomic E-state index is 0.520. The highest BCUT2D eigenvalue weighted by Crippen LogP contribution is 2.17. The van der Waals surface area contributed by atoms with Gasteiger partial charge < -0.3 is 4.57 Å². The molecule has 3 heteroatoms. The minimum atomic E-state index is 0.520. The van der Waals surface area contributed by atoms with E-state index in [4.69, 9.17) is 0 Å². The Hall–Kier alpha value is -1.38. The van der Waals surface area contributed by atoms with E-state index in [9.17, 15) is 0 Å². The van der Waals surface area contributed by atoms with Crippen LogP contribution in [-0.4, -0.2) is 14.5 Å². The van der Waals surface area contributed by atoms with Gasteiger partial charge in [0.25, 0.3) is 0 Å². The molecule has 0 unspecified atom stereocenters. The molecule has 0 atom stereocenters. The first-order chi connectivity index (χ1) is 7.18. The van der Waals surface area contributed by atoms with Crippen molar-refractivity contribution in [1.82, 2.24) is 14.5 Å². The van der Waals surface area contributed by atoms with Crippen LogP contribution in [0, 0.1) is 0 Å². The summed E-state index contributed by atoms with van der Waals surface area (Å²) in [4.78, 5) is 8.46. The van der Waals surface area contributed by atoms with E-state index in [-0.39, 0.29) is 0 Å². The molecule has 0 aliphatic carbocycles. The molecule has 0 N–H and O–H groups in total. The molecule has 3 nitrogen and oxygen atoms in total. The van der Waals surface area contributed by atoms with Crippen molar-refractivity contribution in [2.75, 3.05) is 0 Å². The zero-order valence-corrected chi connectivity index (χ0v) is 10.2. The van der Waals surface area contributed by atoms with E-state index in [1.165, 1.54) is 5.56 Å². The zero-order chi connectivity index (χ0) is 11.4. The van der Waals surface area contributed by atoms with E-state index < -0.39 is 0 Å². The second-order valence-corrected chi connectivity index (χ2v) is 3.62. The van der Waals surface area contributed by atoms with Gasteiger partial charge in [0.05, 0.1) is 11.8 Å². The van der Waals surface area contributed by atoms with Crippen molar-refractivity contribution in [3.63, 3.8) is 0 Å². The Morgan fingerprint density at radius 2 is 1.87 bits per heavy atom. The Morgan fingerprint density at radius 1 is 1.20 bits per heavy atom. The summed E-state index contributed by atoms with van der Waals surface area (Å²) in [6.07, 6.45) is 3.70. The third-order valence-corrected chi connectivity index (χ3v) is 2.27. The summed E-state index contributed by atoms with van der Waals surface area (Å²) >= 11 is 0. The molecule has 2 aromatic heterocycles. The van der Waals surface area contributed by atoms with Gasteiger partial charge in [0.1, 0.15) is 0 Å². The normalized spacial score (nSPS) is 10.3. The molecule has 0 aliphatic rings. The van der Waals surface area contributed by atoms with Crippen molar-refractivity contribution in [2.24, 2.45) is 7.05 Å². The maximum Gasteiger partial charge on any atom is 0.177 e. The first kappa shape index (κ1) is 11.7. The summed E-state index contributed by atoms with van der Waals surface area (Å²) < 4.78 is 1.99. The van der Waals surface area contributed by atoms with Crippen LogP contribution in [0.4, 0.5) is 0 Å². The van der Waals surface area contributed by atoms with Gasteiger partial charge in [-0.05, 0) is 17.5 Å². The van der Waals surface area contributed by atoms with Gasteiger partial charge in [0.15, 0.2) is 5.65 Å². The molecule has 15 heavy (non-hydrogen) atoms. The Balaban J connectivity index is 0.000000531. The quantitative estimate of drug-likeness (QED) is 0.716. The topological polar surface area (TPSA) is 30.7 Å². The van der Waals surface area contributed by atoms with Crippen LogP contribution in [0.3, 0.4) is 0 Å². The second-order valence-electron chi connectivity index (χ2n) is 3.62. The van der Waals surface area contributed by atoms with Crippen molar-refractivity contribution >= 4 is 11.2 Å². The van der Waals surface area contributed by atoms with E-state index in [2.05, 4.69) is 29.9 Å².